The van der Waals surface area contributed by atoms with Gasteiger partial charge in [0.1, 0.15) is 0 Å². The van der Waals surface area contributed by atoms with E-state index in [4.69, 9.17) is 9.31 Å². The van der Waals surface area contributed by atoms with Crippen LogP contribution in [0.1, 0.15) is 50.5 Å². The molecule has 7 heteroatoms. The molecule has 2 N–H and O–H groups in total. The fourth-order valence-corrected chi connectivity index (χ4v) is 2.98. The second-order valence-corrected chi connectivity index (χ2v) is 7.88. The number of nitrogens with one attached hydrogen (secondary N) is 2. The van der Waals surface area contributed by atoms with Crippen LogP contribution < -0.4 is 5.32 Å². The van der Waals surface area contributed by atoms with Gasteiger partial charge in [0, 0.05) is 36.1 Å². The average molecular weight is 368 g/mol. The van der Waals surface area contributed by atoms with E-state index in [9.17, 15) is 9.59 Å². The maximum absolute atomic E-state index is 11.4. The number of hydrogen-bond donors (Lipinski definition) is 2. The van der Waals surface area contributed by atoms with Crippen molar-refractivity contribution >= 4 is 36.3 Å². The van der Waals surface area contributed by atoms with Crippen LogP contribution in [0.3, 0.4) is 0 Å². The number of aromatic amines is 1. The van der Waals surface area contributed by atoms with Gasteiger partial charge in [0.05, 0.1) is 11.2 Å². The zero-order chi connectivity index (χ0) is 19.8. The molecule has 1 aromatic carbocycles. The second kappa shape index (κ2) is 6.98. The highest BCUT2D eigenvalue weighted by Crippen LogP contribution is 2.38. The lowest BCUT2D eigenvalue weighted by Crippen LogP contribution is -2.41. The van der Waals surface area contributed by atoms with Crippen molar-refractivity contribution in [3.8, 4) is 0 Å². The summed E-state index contributed by atoms with van der Waals surface area (Å²) >= 11 is 0. The second-order valence-electron chi connectivity index (χ2n) is 7.88. The first-order chi connectivity index (χ1) is 12.6. The summed E-state index contributed by atoms with van der Waals surface area (Å²) in [6.45, 7) is 9.76. The van der Waals surface area contributed by atoms with Crippen molar-refractivity contribution in [2.24, 2.45) is 0 Å². The van der Waals surface area contributed by atoms with E-state index in [1.165, 1.54) is 6.92 Å². The number of amides is 1. The molecule has 2 aromatic rings. The van der Waals surface area contributed by atoms with E-state index in [0.717, 1.165) is 28.2 Å². The number of carbonyl (C=O) groups is 2. The Morgan fingerprint density at radius 2 is 1.89 bits per heavy atom. The van der Waals surface area contributed by atoms with Crippen LogP contribution in [-0.4, -0.2) is 42.0 Å². The summed E-state index contributed by atoms with van der Waals surface area (Å²) in [7, 11) is -0.561. The largest absolute Gasteiger partial charge is 0.492 e. The summed E-state index contributed by atoms with van der Waals surface area (Å²) < 4.78 is 12.3. The SMILES string of the molecule is CC(=O)NCC(=Cc1ccc2[nH]cc(C=O)c2c1)B1OC(C)(C)C(C)(C)O1. The van der Waals surface area contributed by atoms with Gasteiger partial charge in [-0.05, 0) is 50.9 Å². The van der Waals surface area contributed by atoms with Crippen LogP contribution in [0.5, 0.6) is 0 Å². The van der Waals surface area contributed by atoms with Crippen molar-refractivity contribution in [2.75, 3.05) is 6.54 Å². The number of carbonyl (C=O) groups excluding carboxylic acids is 2. The molecule has 0 radical (unpaired) electrons. The number of aldehydes is 1. The van der Waals surface area contributed by atoms with Crippen LogP contribution in [0, 0.1) is 0 Å². The minimum atomic E-state index is -0.561. The summed E-state index contributed by atoms with van der Waals surface area (Å²) in [6, 6.07) is 5.81. The summed E-state index contributed by atoms with van der Waals surface area (Å²) in [5.74, 6) is -0.123. The highest BCUT2D eigenvalue weighted by atomic mass is 16.7. The molecule has 0 atom stereocenters. The van der Waals surface area contributed by atoms with Crippen LogP contribution >= 0.6 is 0 Å². The number of fused-ring (bicyclic) bond motifs is 1. The lowest BCUT2D eigenvalue weighted by molar-refractivity contribution is -0.118. The Morgan fingerprint density at radius 3 is 2.48 bits per heavy atom. The molecule has 1 aliphatic heterocycles. The smallest absolute Gasteiger partial charge is 0.400 e. The molecule has 27 heavy (non-hydrogen) atoms. The minimum absolute atomic E-state index is 0.123. The molecule has 0 aliphatic carbocycles. The Balaban J connectivity index is 1.98. The Bertz CT molecular complexity index is 898. The number of rotatable bonds is 5. The molecule has 142 valence electrons. The summed E-state index contributed by atoms with van der Waals surface area (Å²) in [4.78, 5) is 25.7. The predicted molar refractivity (Wildman–Crippen MR) is 106 cm³/mol. The number of benzene rings is 1. The lowest BCUT2D eigenvalue weighted by Gasteiger charge is -2.32. The van der Waals surface area contributed by atoms with Crippen LogP contribution in [-0.2, 0) is 14.1 Å². The monoisotopic (exact) mass is 368 g/mol. The Morgan fingerprint density at radius 1 is 1.22 bits per heavy atom. The molecule has 6 nitrogen and oxygen atoms in total. The average Bonchev–Trinajstić information content (AvgIpc) is 3.08. The topological polar surface area (TPSA) is 80.4 Å². The predicted octanol–water partition coefficient (Wildman–Crippen LogP) is 3.13. The molecule has 1 saturated heterocycles. The lowest BCUT2D eigenvalue weighted by atomic mass is 9.77. The zero-order valence-electron chi connectivity index (χ0n) is 16.4. The molecule has 0 bridgehead atoms. The first-order valence-corrected chi connectivity index (χ1v) is 9.00. The van der Waals surface area contributed by atoms with E-state index < -0.39 is 18.3 Å². The fourth-order valence-electron chi connectivity index (χ4n) is 2.98. The van der Waals surface area contributed by atoms with Gasteiger partial charge in [-0.1, -0.05) is 12.1 Å². The first-order valence-electron chi connectivity index (χ1n) is 9.00. The van der Waals surface area contributed by atoms with Gasteiger partial charge < -0.3 is 19.6 Å². The Hall–Kier alpha value is -2.38. The molecule has 2 heterocycles. The van der Waals surface area contributed by atoms with E-state index in [2.05, 4.69) is 10.3 Å². The maximum atomic E-state index is 11.4. The van der Waals surface area contributed by atoms with Gasteiger partial charge in [-0.25, -0.2) is 0 Å². The van der Waals surface area contributed by atoms with Crippen LogP contribution in [0.25, 0.3) is 17.0 Å². The molecular weight excluding hydrogens is 343 g/mol. The van der Waals surface area contributed by atoms with Crippen molar-refractivity contribution in [1.82, 2.24) is 10.3 Å². The molecule has 1 aliphatic rings. The summed E-state index contributed by atoms with van der Waals surface area (Å²) in [6.07, 6.45) is 4.47. The highest BCUT2D eigenvalue weighted by molar-refractivity contribution is 6.56. The standard InChI is InChI=1S/C20H25BN2O4/c1-13(25)22-11-16(21-26-19(2,3)20(4,5)27-21)8-14-6-7-18-17(9-14)15(12-24)10-23-18/h6-10,12,23H,11H2,1-5H3,(H,22,25). The Kier molecular flexibility index (Phi) is 5.01. The fraction of sp³-hybridized carbons (Fsp3) is 0.400. The van der Waals surface area contributed by atoms with Crippen molar-refractivity contribution in [2.45, 2.75) is 45.8 Å². The van der Waals surface area contributed by atoms with Gasteiger partial charge in [-0.3, -0.25) is 9.59 Å². The Labute approximate surface area is 159 Å². The molecule has 1 fully saturated rings. The van der Waals surface area contributed by atoms with E-state index in [1.54, 1.807) is 6.20 Å². The molecule has 3 rings (SSSR count). The van der Waals surface area contributed by atoms with Crippen molar-refractivity contribution < 1.29 is 18.9 Å². The van der Waals surface area contributed by atoms with Gasteiger partial charge in [-0.15, -0.1) is 0 Å². The molecule has 0 saturated carbocycles. The van der Waals surface area contributed by atoms with Crippen molar-refractivity contribution in [1.29, 1.82) is 0 Å². The van der Waals surface area contributed by atoms with E-state index >= 15 is 0 Å². The van der Waals surface area contributed by atoms with Crippen molar-refractivity contribution in [3.05, 3.63) is 41.0 Å². The molecule has 1 amide bonds. The van der Waals surface area contributed by atoms with E-state index in [-0.39, 0.29) is 5.91 Å². The molecule has 0 spiro atoms. The molecule has 1 aromatic heterocycles. The number of H-pyrrole nitrogens is 1. The quantitative estimate of drug-likeness (QED) is 0.628. The van der Waals surface area contributed by atoms with Crippen LogP contribution in [0.2, 0.25) is 0 Å². The highest BCUT2D eigenvalue weighted by Gasteiger charge is 2.52. The normalized spacial score (nSPS) is 18.7. The third kappa shape index (κ3) is 3.84. The third-order valence-corrected chi connectivity index (χ3v) is 5.31. The zero-order valence-corrected chi connectivity index (χ0v) is 16.4. The molecular formula is C20H25BN2O4. The summed E-state index contributed by atoms with van der Waals surface area (Å²) in [5.41, 5.74) is 2.28. The van der Waals surface area contributed by atoms with Gasteiger partial charge in [-0.2, -0.15) is 0 Å². The van der Waals surface area contributed by atoms with Gasteiger partial charge in [0.25, 0.3) is 0 Å². The number of aromatic nitrogens is 1. The van der Waals surface area contributed by atoms with E-state index in [0.29, 0.717) is 12.1 Å². The van der Waals surface area contributed by atoms with Gasteiger partial charge >= 0.3 is 7.12 Å². The van der Waals surface area contributed by atoms with E-state index in [1.807, 2.05) is 52.0 Å². The van der Waals surface area contributed by atoms with Gasteiger partial charge in [0.2, 0.25) is 5.91 Å². The number of hydrogen-bond acceptors (Lipinski definition) is 4. The van der Waals surface area contributed by atoms with Crippen LogP contribution in [0.15, 0.2) is 29.9 Å². The van der Waals surface area contributed by atoms with Gasteiger partial charge in [0.15, 0.2) is 6.29 Å². The third-order valence-electron chi connectivity index (χ3n) is 5.31. The van der Waals surface area contributed by atoms with Crippen molar-refractivity contribution in [3.63, 3.8) is 0 Å². The maximum Gasteiger partial charge on any atom is 0.492 e. The first kappa shape index (κ1) is 19.4. The summed E-state index contributed by atoms with van der Waals surface area (Å²) in [5, 5.41) is 3.68. The molecule has 0 unspecified atom stereocenters. The van der Waals surface area contributed by atoms with Crippen LogP contribution in [0.4, 0.5) is 0 Å². The minimum Gasteiger partial charge on any atom is -0.400 e.